The summed E-state index contributed by atoms with van der Waals surface area (Å²) in [5, 5.41) is 4.31. The zero-order chi connectivity index (χ0) is 24.4. The predicted octanol–water partition coefficient (Wildman–Crippen LogP) is 4.43. The van der Waals surface area contributed by atoms with E-state index in [1.165, 1.54) is 17.0 Å². The van der Waals surface area contributed by atoms with Gasteiger partial charge in [0.05, 0.1) is 25.0 Å². The second-order valence-electron chi connectivity index (χ2n) is 8.09. The molecule has 1 fully saturated rings. The molecule has 0 saturated carbocycles. The van der Waals surface area contributed by atoms with Crippen LogP contribution in [-0.4, -0.2) is 52.0 Å². The topological polar surface area (TPSA) is 80.5 Å². The summed E-state index contributed by atoms with van der Waals surface area (Å²) in [4.78, 5) is 15.6. The number of hydrogen-bond donors (Lipinski definition) is 1. The molecule has 0 bridgehead atoms. The van der Waals surface area contributed by atoms with Gasteiger partial charge in [-0.3, -0.25) is 9.99 Å². The van der Waals surface area contributed by atoms with Crippen LogP contribution < -0.4 is 10.3 Å². The number of morpholine rings is 1. The number of aromatic nitrogens is 4. The van der Waals surface area contributed by atoms with Crippen LogP contribution in [0.15, 0.2) is 60.0 Å². The number of halogens is 3. The standard InChI is InChI=1S/C24H22F3N7O/c1-16-4-2-5-17(12-16)14-29-32-21-20-22(31-23(30-21)33-8-10-35-11-9-33)34(15-28-20)19-7-3-6-18(13-19)24(25,26)27/h2-7,12-15H,8-11H2,1H3,(H,30,31,32)/b29-14+. The lowest BCUT2D eigenvalue weighted by Crippen LogP contribution is -2.37. The number of imidazole rings is 1. The summed E-state index contributed by atoms with van der Waals surface area (Å²) in [5.74, 6) is 0.772. The fourth-order valence-electron chi connectivity index (χ4n) is 3.81. The van der Waals surface area contributed by atoms with Gasteiger partial charge in [-0.1, -0.05) is 35.9 Å². The SMILES string of the molecule is Cc1cccc(/C=N/Nc2nc(N3CCOCC3)nc3c2ncn3-c2cccc(C(F)(F)F)c2)c1. The fourth-order valence-corrected chi connectivity index (χ4v) is 3.81. The van der Waals surface area contributed by atoms with E-state index in [9.17, 15) is 13.2 Å². The average Bonchev–Trinajstić information content (AvgIpc) is 3.28. The van der Waals surface area contributed by atoms with E-state index in [0.29, 0.717) is 54.9 Å². The van der Waals surface area contributed by atoms with Crippen molar-refractivity contribution in [2.75, 3.05) is 36.6 Å². The Labute approximate surface area is 199 Å². The first-order valence-corrected chi connectivity index (χ1v) is 11.0. The van der Waals surface area contributed by atoms with Gasteiger partial charge in [-0.05, 0) is 30.7 Å². The molecule has 0 atom stereocenters. The zero-order valence-electron chi connectivity index (χ0n) is 18.8. The van der Waals surface area contributed by atoms with Gasteiger partial charge in [0.15, 0.2) is 17.0 Å². The van der Waals surface area contributed by atoms with Crippen LogP contribution in [0.1, 0.15) is 16.7 Å². The molecule has 1 aliphatic heterocycles. The van der Waals surface area contributed by atoms with Crippen molar-refractivity contribution in [1.82, 2.24) is 19.5 Å². The minimum atomic E-state index is -4.46. The predicted molar refractivity (Wildman–Crippen MR) is 127 cm³/mol. The third-order valence-electron chi connectivity index (χ3n) is 5.56. The highest BCUT2D eigenvalue weighted by Crippen LogP contribution is 2.31. The lowest BCUT2D eigenvalue weighted by atomic mass is 10.2. The highest BCUT2D eigenvalue weighted by Gasteiger charge is 2.30. The molecule has 0 aliphatic carbocycles. The molecule has 0 amide bonds. The number of ether oxygens (including phenoxy) is 1. The number of fused-ring (bicyclic) bond motifs is 1. The van der Waals surface area contributed by atoms with E-state index < -0.39 is 11.7 Å². The van der Waals surface area contributed by atoms with Crippen LogP contribution in [0, 0.1) is 6.92 Å². The number of nitrogens with zero attached hydrogens (tertiary/aromatic N) is 6. The molecule has 8 nitrogen and oxygen atoms in total. The largest absolute Gasteiger partial charge is 0.416 e. The van der Waals surface area contributed by atoms with Crippen LogP contribution in [0.5, 0.6) is 0 Å². The number of hydrazone groups is 1. The molecule has 0 unspecified atom stereocenters. The maximum atomic E-state index is 13.3. The van der Waals surface area contributed by atoms with Crippen LogP contribution in [0.4, 0.5) is 24.9 Å². The Hall–Kier alpha value is -3.99. The van der Waals surface area contributed by atoms with Crippen molar-refractivity contribution in [3.63, 3.8) is 0 Å². The molecule has 35 heavy (non-hydrogen) atoms. The van der Waals surface area contributed by atoms with Crippen molar-refractivity contribution in [3.8, 4) is 5.69 Å². The Morgan fingerprint density at radius 3 is 2.63 bits per heavy atom. The van der Waals surface area contributed by atoms with E-state index in [2.05, 4.69) is 25.5 Å². The molecule has 1 aliphatic rings. The lowest BCUT2D eigenvalue weighted by molar-refractivity contribution is -0.137. The molecule has 2 aromatic carbocycles. The molecular formula is C24H22F3N7O. The van der Waals surface area contributed by atoms with Crippen molar-refractivity contribution >= 4 is 29.1 Å². The summed E-state index contributed by atoms with van der Waals surface area (Å²) >= 11 is 0. The summed E-state index contributed by atoms with van der Waals surface area (Å²) in [7, 11) is 0. The first kappa shape index (κ1) is 22.8. The van der Waals surface area contributed by atoms with Crippen LogP contribution in [0.3, 0.4) is 0 Å². The quantitative estimate of drug-likeness (QED) is 0.336. The van der Waals surface area contributed by atoms with Gasteiger partial charge < -0.3 is 9.64 Å². The molecule has 0 radical (unpaired) electrons. The number of benzene rings is 2. The molecule has 1 saturated heterocycles. The van der Waals surface area contributed by atoms with Crippen molar-refractivity contribution < 1.29 is 17.9 Å². The fraction of sp³-hybridized carbons (Fsp3) is 0.250. The van der Waals surface area contributed by atoms with Crippen LogP contribution >= 0.6 is 0 Å². The number of nitrogens with one attached hydrogen (secondary N) is 1. The minimum absolute atomic E-state index is 0.295. The van der Waals surface area contributed by atoms with Crippen LogP contribution in [0.2, 0.25) is 0 Å². The van der Waals surface area contributed by atoms with Gasteiger partial charge in [0.25, 0.3) is 0 Å². The number of rotatable bonds is 5. The summed E-state index contributed by atoms with van der Waals surface area (Å²) in [5.41, 5.74) is 5.26. The van der Waals surface area contributed by atoms with E-state index in [0.717, 1.165) is 23.3 Å². The monoisotopic (exact) mass is 481 g/mol. The number of aryl methyl sites for hydroxylation is 1. The summed E-state index contributed by atoms with van der Waals surface area (Å²) in [6, 6.07) is 12.9. The van der Waals surface area contributed by atoms with E-state index in [-0.39, 0.29) is 0 Å². The molecular weight excluding hydrogens is 459 g/mol. The Kier molecular flexibility index (Phi) is 6.08. The number of anilines is 2. The van der Waals surface area contributed by atoms with E-state index in [1.807, 2.05) is 36.1 Å². The average molecular weight is 481 g/mol. The van der Waals surface area contributed by atoms with Crippen molar-refractivity contribution in [1.29, 1.82) is 0 Å². The van der Waals surface area contributed by atoms with Gasteiger partial charge >= 0.3 is 6.18 Å². The van der Waals surface area contributed by atoms with Crippen molar-refractivity contribution in [2.45, 2.75) is 13.1 Å². The normalized spacial score (nSPS) is 14.7. The summed E-state index contributed by atoms with van der Waals surface area (Å²) in [6.07, 6.45) is -1.36. The Bertz CT molecular complexity index is 1380. The highest BCUT2D eigenvalue weighted by molar-refractivity contribution is 5.87. The first-order valence-electron chi connectivity index (χ1n) is 11.0. The van der Waals surface area contributed by atoms with Gasteiger partial charge in [0.2, 0.25) is 5.95 Å². The second-order valence-corrected chi connectivity index (χ2v) is 8.09. The molecule has 0 spiro atoms. The Morgan fingerprint density at radius 2 is 1.86 bits per heavy atom. The lowest BCUT2D eigenvalue weighted by Gasteiger charge is -2.27. The second kappa shape index (κ2) is 9.34. The molecule has 2 aromatic heterocycles. The molecule has 3 heterocycles. The summed E-state index contributed by atoms with van der Waals surface area (Å²) < 4.78 is 46.9. The molecule has 1 N–H and O–H groups in total. The summed E-state index contributed by atoms with van der Waals surface area (Å²) in [6.45, 7) is 4.24. The van der Waals surface area contributed by atoms with Gasteiger partial charge in [-0.2, -0.15) is 28.2 Å². The third-order valence-corrected chi connectivity index (χ3v) is 5.56. The molecule has 11 heteroatoms. The van der Waals surface area contributed by atoms with Crippen LogP contribution in [-0.2, 0) is 10.9 Å². The highest BCUT2D eigenvalue weighted by atomic mass is 19.4. The molecule has 180 valence electrons. The van der Waals surface area contributed by atoms with E-state index in [1.54, 1.807) is 12.3 Å². The van der Waals surface area contributed by atoms with Gasteiger partial charge in [-0.25, -0.2) is 4.98 Å². The van der Waals surface area contributed by atoms with Gasteiger partial charge in [-0.15, -0.1) is 0 Å². The maximum absolute atomic E-state index is 13.3. The van der Waals surface area contributed by atoms with Crippen molar-refractivity contribution in [2.24, 2.45) is 5.10 Å². The van der Waals surface area contributed by atoms with Gasteiger partial charge in [0, 0.05) is 18.8 Å². The maximum Gasteiger partial charge on any atom is 0.416 e. The minimum Gasteiger partial charge on any atom is -0.378 e. The van der Waals surface area contributed by atoms with Gasteiger partial charge in [0.1, 0.15) is 6.33 Å². The van der Waals surface area contributed by atoms with E-state index in [4.69, 9.17) is 4.74 Å². The number of hydrogen-bond acceptors (Lipinski definition) is 7. The smallest absolute Gasteiger partial charge is 0.378 e. The van der Waals surface area contributed by atoms with E-state index >= 15 is 0 Å². The molecule has 5 rings (SSSR count). The third kappa shape index (κ3) is 4.94. The number of alkyl halides is 3. The Balaban J connectivity index is 1.57. The Morgan fingerprint density at radius 1 is 1.06 bits per heavy atom. The van der Waals surface area contributed by atoms with Crippen molar-refractivity contribution in [3.05, 3.63) is 71.5 Å². The molecule has 4 aromatic rings. The first-order chi connectivity index (χ1) is 16.9. The zero-order valence-corrected chi connectivity index (χ0v) is 18.8. The van der Waals surface area contributed by atoms with Crippen LogP contribution in [0.25, 0.3) is 16.9 Å².